The minimum Gasteiger partial charge on any atom is -0.481 e. The normalized spacial score (nSPS) is 24.9. The van der Waals surface area contributed by atoms with Crippen LogP contribution in [0.3, 0.4) is 0 Å². The Hall–Kier alpha value is -2.71. The van der Waals surface area contributed by atoms with Crippen LogP contribution in [0.4, 0.5) is 0 Å². The molecule has 1 aliphatic carbocycles. The van der Waals surface area contributed by atoms with Gasteiger partial charge in [0.2, 0.25) is 11.8 Å². The number of nitrogens with zero attached hydrogens (tertiary/aromatic N) is 2. The van der Waals surface area contributed by atoms with Gasteiger partial charge in [-0.05, 0) is 30.5 Å². The molecule has 3 aliphatic rings. The molecule has 0 spiro atoms. The largest absolute Gasteiger partial charge is 0.481 e. The van der Waals surface area contributed by atoms with Crippen LogP contribution in [0.15, 0.2) is 34.7 Å². The maximum Gasteiger partial charge on any atom is 0.300 e. The molecule has 4 atom stereocenters. The van der Waals surface area contributed by atoms with Crippen LogP contribution in [0, 0.1) is 17.8 Å². The van der Waals surface area contributed by atoms with Gasteiger partial charge in [-0.1, -0.05) is 30.3 Å². The van der Waals surface area contributed by atoms with Crippen molar-refractivity contribution in [1.29, 1.82) is 0 Å². The number of hydrogen-bond acceptors (Lipinski definition) is 6. The fourth-order valence-electron chi connectivity index (χ4n) is 4.52. The Morgan fingerprint density at radius 3 is 2.57 bits per heavy atom. The molecular weight excluding hydrogens is 386 g/mol. The number of methoxy groups -OCH3 is 1. The molecule has 8 nitrogen and oxygen atoms in total. The van der Waals surface area contributed by atoms with E-state index in [4.69, 9.17) is 19.1 Å². The monoisotopic (exact) mass is 413 g/mol. The Balaban J connectivity index is 0.000000503. The quantitative estimate of drug-likeness (QED) is 0.788. The zero-order chi connectivity index (χ0) is 21.3. The molecule has 8 heteroatoms. The van der Waals surface area contributed by atoms with E-state index >= 15 is 0 Å². The van der Waals surface area contributed by atoms with Crippen molar-refractivity contribution in [2.24, 2.45) is 17.8 Å². The van der Waals surface area contributed by atoms with Crippen molar-refractivity contribution < 1.29 is 23.8 Å². The fourth-order valence-corrected chi connectivity index (χ4v) is 4.52. The first-order valence-corrected chi connectivity index (χ1v) is 10.2. The molecule has 2 N–H and O–H groups in total. The molecule has 1 aromatic heterocycles. The summed E-state index contributed by atoms with van der Waals surface area (Å²) in [5, 5.41) is 10.8. The maximum atomic E-state index is 12.8. The van der Waals surface area contributed by atoms with Crippen molar-refractivity contribution in [3.05, 3.63) is 53.2 Å². The number of ether oxygens (including phenoxy) is 1. The second-order valence-corrected chi connectivity index (χ2v) is 7.99. The smallest absolute Gasteiger partial charge is 0.300 e. The maximum absolute atomic E-state index is 12.8. The summed E-state index contributed by atoms with van der Waals surface area (Å²) in [6, 6.07) is 9.95. The third kappa shape index (κ3) is 4.11. The second-order valence-electron chi connectivity index (χ2n) is 7.99. The van der Waals surface area contributed by atoms with Gasteiger partial charge >= 0.3 is 0 Å². The number of carboxylic acid groups (broad SMARTS) is 1. The van der Waals surface area contributed by atoms with E-state index in [1.54, 1.807) is 7.11 Å². The number of amides is 1. The van der Waals surface area contributed by atoms with Crippen LogP contribution in [-0.2, 0) is 27.3 Å². The molecule has 0 radical (unpaired) electrons. The summed E-state index contributed by atoms with van der Waals surface area (Å²) in [6.07, 6.45) is 0.402. The van der Waals surface area contributed by atoms with Gasteiger partial charge in [-0.2, -0.15) is 0 Å². The summed E-state index contributed by atoms with van der Waals surface area (Å²) in [5.74, 6) is 2.24. The lowest BCUT2D eigenvalue weighted by atomic mass is 10.1. The number of fused-ring (bicyclic) bond motifs is 2. The summed E-state index contributed by atoms with van der Waals surface area (Å²) >= 11 is 0. The van der Waals surface area contributed by atoms with Crippen LogP contribution >= 0.6 is 0 Å². The third-order valence-electron chi connectivity index (χ3n) is 6.00. The van der Waals surface area contributed by atoms with E-state index in [1.807, 2.05) is 35.2 Å². The summed E-state index contributed by atoms with van der Waals surface area (Å²) in [6.45, 7) is 4.32. The summed E-state index contributed by atoms with van der Waals surface area (Å²) in [7, 11) is 1.66. The minimum absolute atomic E-state index is 0.222. The van der Waals surface area contributed by atoms with Gasteiger partial charge in [-0.25, -0.2) is 4.98 Å². The molecule has 3 heterocycles. The van der Waals surface area contributed by atoms with Gasteiger partial charge in [0.25, 0.3) is 5.97 Å². The highest BCUT2D eigenvalue weighted by Crippen LogP contribution is 2.49. The third-order valence-corrected chi connectivity index (χ3v) is 6.00. The molecule has 1 aromatic carbocycles. The average molecular weight is 413 g/mol. The number of piperidine rings is 1. The number of aliphatic carboxylic acids is 1. The number of aromatic nitrogens is 1. The lowest BCUT2D eigenvalue weighted by Crippen LogP contribution is -2.38. The number of nitrogens with one attached hydrogen (secondary N) is 1. The number of benzene rings is 1. The van der Waals surface area contributed by atoms with Crippen molar-refractivity contribution in [2.75, 3.05) is 26.7 Å². The molecule has 1 saturated carbocycles. The number of hydrogen-bond donors (Lipinski definition) is 2. The van der Waals surface area contributed by atoms with E-state index in [0.29, 0.717) is 36.7 Å². The van der Waals surface area contributed by atoms with E-state index < -0.39 is 5.97 Å². The van der Waals surface area contributed by atoms with Crippen LogP contribution in [0.2, 0.25) is 0 Å². The fraction of sp³-hybridized carbons (Fsp3) is 0.500. The SMILES string of the molecule is CC(=O)O.COC(c1ccccc1)c1nc2c(o1)CCN(C(=O)C1[C@H]3CNC[C@@H]13)C2. The van der Waals surface area contributed by atoms with E-state index in [9.17, 15) is 4.79 Å². The number of carbonyl (C=O) groups excluding carboxylic acids is 1. The zero-order valence-corrected chi connectivity index (χ0v) is 17.2. The highest BCUT2D eigenvalue weighted by Gasteiger charge is 2.58. The van der Waals surface area contributed by atoms with Crippen LogP contribution in [-0.4, -0.2) is 53.6 Å². The van der Waals surface area contributed by atoms with E-state index in [0.717, 1.165) is 43.5 Å². The lowest BCUT2D eigenvalue weighted by molar-refractivity contribution is -0.135. The Kier molecular flexibility index (Phi) is 5.87. The Morgan fingerprint density at radius 2 is 1.93 bits per heavy atom. The van der Waals surface area contributed by atoms with Crippen LogP contribution < -0.4 is 5.32 Å². The standard InChI is InChI=1S/C20H23N3O3.C2H4O2/c1-25-18(12-5-3-2-4-6-12)19-22-15-11-23(8-7-16(15)26-19)20(24)17-13-9-21-10-14(13)17;1-2(3)4/h2-6,13-14,17-18,21H,7-11H2,1H3;1H3,(H,3,4)/t13-,14+,17?,18?;. The Bertz CT molecular complexity index is 899. The first kappa shape index (κ1) is 20.6. The first-order chi connectivity index (χ1) is 14.5. The molecule has 1 amide bonds. The van der Waals surface area contributed by atoms with Gasteiger partial charge < -0.3 is 24.5 Å². The zero-order valence-electron chi connectivity index (χ0n) is 17.2. The van der Waals surface area contributed by atoms with Gasteiger partial charge in [-0.3, -0.25) is 9.59 Å². The minimum atomic E-state index is -0.833. The van der Waals surface area contributed by atoms with E-state index in [1.165, 1.54) is 0 Å². The van der Waals surface area contributed by atoms with Gasteiger partial charge in [0.05, 0.1) is 6.54 Å². The van der Waals surface area contributed by atoms with Gasteiger partial charge in [0.15, 0.2) is 6.10 Å². The van der Waals surface area contributed by atoms with E-state index in [-0.39, 0.29) is 12.0 Å². The molecule has 160 valence electrons. The predicted octanol–water partition coefficient (Wildman–Crippen LogP) is 1.85. The van der Waals surface area contributed by atoms with Gasteiger partial charge in [0.1, 0.15) is 11.5 Å². The van der Waals surface area contributed by atoms with Crippen molar-refractivity contribution >= 4 is 11.9 Å². The topological polar surface area (TPSA) is 105 Å². The molecule has 1 saturated heterocycles. The molecule has 30 heavy (non-hydrogen) atoms. The molecule has 2 unspecified atom stereocenters. The van der Waals surface area contributed by atoms with Crippen LogP contribution in [0.25, 0.3) is 0 Å². The van der Waals surface area contributed by atoms with Crippen molar-refractivity contribution in [3.8, 4) is 0 Å². The number of rotatable bonds is 4. The molecule has 2 aliphatic heterocycles. The molecule has 2 aromatic rings. The second kappa shape index (κ2) is 8.57. The number of carbonyl (C=O) groups is 2. The summed E-state index contributed by atoms with van der Waals surface area (Å²) in [4.78, 5) is 28.5. The molecule has 2 fully saturated rings. The lowest BCUT2D eigenvalue weighted by Gasteiger charge is -2.26. The first-order valence-electron chi connectivity index (χ1n) is 10.2. The summed E-state index contributed by atoms with van der Waals surface area (Å²) < 4.78 is 11.6. The molecule has 0 bridgehead atoms. The van der Waals surface area contributed by atoms with Crippen LogP contribution in [0.5, 0.6) is 0 Å². The summed E-state index contributed by atoms with van der Waals surface area (Å²) in [5.41, 5.74) is 1.89. The predicted molar refractivity (Wildman–Crippen MR) is 108 cm³/mol. The Labute approximate surface area is 175 Å². The highest BCUT2D eigenvalue weighted by atomic mass is 16.5. The highest BCUT2D eigenvalue weighted by molar-refractivity contribution is 5.83. The average Bonchev–Trinajstić information content (AvgIpc) is 3.06. The van der Waals surface area contributed by atoms with Crippen LogP contribution in [0.1, 0.15) is 35.9 Å². The van der Waals surface area contributed by atoms with E-state index in [2.05, 4.69) is 10.3 Å². The number of carboxylic acids is 1. The van der Waals surface area contributed by atoms with Gasteiger partial charge in [0, 0.05) is 32.9 Å². The molecule has 5 rings (SSSR count). The van der Waals surface area contributed by atoms with Gasteiger partial charge in [-0.15, -0.1) is 0 Å². The van der Waals surface area contributed by atoms with Crippen molar-refractivity contribution in [3.63, 3.8) is 0 Å². The molecular formula is C22H27N3O5. The van der Waals surface area contributed by atoms with Crippen molar-refractivity contribution in [2.45, 2.75) is 26.0 Å². The Morgan fingerprint density at radius 1 is 1.27 bits per heavy atom. The van der Waals surface area contributed by atoms with Crippen molar-refractivity contribution in [1.82, 2.24) is 15.2 Å². The number of oxazole rings is 1.